The van der Waals surface area contributed by atoms with E-state index in [1.165, 1.54) is 0 Å². The van der Waals surface area contributed by atoms with Gasteiger partial charge in [-0.2, -0.15) is 0 Å². The topological polar surface area (TPSA) is 32.3 Å². The molecule has 0 aliphatic carbocycles. The van der Waals surface area contributed by atoms with Crippen LogP contribution in [0.2, 0.25) is 0 Å². The van der Waals surface area contributed by atoms with Crippen LogP contribution < -0.4 is 5.32 Å². The van der Waals surface area contributed by atoms with Crippen molar-refractivity contribution in [2.75, 3.05) is 13.1 Å². The zero-order valence-corrected chi connectivity index (χ0v) is 8.65. The molecule has 1 aliphatic rings. The summed E-state index contributed by atoms with van der Waals surface area (Å²) in [5.41, 5.74) is 0. The number of hydrogen-bond acceptors (Lipinski definition) is 2. The largest absolute Gasteiger partial charge is 0.340 e. The van der Waals surface area contributed by atoms with Gasteiger partial charge in [0.25, 0.3) is 0 Å². The standard InChI is InChI=1S/C8H16N2O.ClH/c1-6-4-10(8(3)11)5-7(2)9-6;/h6-7,9H,4-5H2,1-3H3;1H/t6-,7-;/m0./s1. The normalized spacial score (nSPS) is 29.4. The van der Waals surface area contributed by atoms with Crippen LogP contribution >= 0.6 is 12.4 Å². The quantitative estimate of drug-likeness (QED) is 0.611. The van der Waals surface area contributed by atoms with E-state index in [1.54, 1.807) is 6.92 Å². The van der Waals surface area contributed by atoms with Crippen LogP contribution in [0.3, 0.4) is 0 Å². The third-order valence-electron chi connectivity index (χ3n) is 2.00. The molecule has 0 bridgehead atoms. The molecule has 1 saturated heterocycles. The van der Waals surface area contributed by atoms with E-state index in [1.807, 2.05) is 4.90 Å². The minimum atomic E-state index is 0. The Balaban J connectivity index is 0.00000121. The second-order valence-corrected chi connectivity index (χ2v) is 3.39. The first-order chi connectivity index (χ1) is 5.09. The van der Waals surface area contributed by atoms with Gasteiger partial charge in [0.05, 0.1) is 0 Å². The van der Waals surface area contributed by atoms with Crippen LogP contribution in [0.25, 0.3) is 0 Å². The fourth-order valence-corrected chi connectivity index (χ4v) is 1.58. The summed E-state index contributed by atoms with van der Waals surface area (Å²) in [5, 5.41) is 3.37. The highest BCUT2D eigenvalue weighted by Crippen LogP contribution is 2.03. The highest BCUT2D eigenvalue weighted by atomic mass is 35.5. The molecular formula is C8H17ClN2O. The number of halogens is 1. The van der Waals surface area contributed by atoms with Crippen molar-refractivity contribution >= 4 is 18.3 Å². The molecule has 0 unspecified atom stereocenters. The van der Waals surface area contributed by atoms with Crippen LogP contribution in [0.1, 0.15) is 20.8 Å². The van der Waals surface area contributed by atoms with Gasteiger partial charge in [0.15, 0.2) is 0 Å². The molecule has 0 aromatic rings. The molecule has 4 heteroatoms. The summed E-state index contributed by atoms with van der Waals surface area (Å²) in [5.74, 6) is 0.185. The van der Waals surface area contributed by atoms with Gasteiger partial charge < -0.3 is 10.2 Å². The Morgan fingerprint density at radius 1 is 1.33 bits per heavy atom. The number of rotatable bonds is 0. The van der Waals surface area contributed by atoms with E-state index in [9.17, 15) is 4.79 Å². The maximum absolute atomic E-state index is 11.0. The first-order valence-corrected chi connectivity index (χ1v) is 4.11. The highest BCUT2D eigenvalue weighted by molar-refractivity contribution is 5.85. The van der Waals surface area contributed by atoms with E-state index in [2.05, 4.69) is 19.2 Å². The molecular weight excluding hydrogens is 176 g/mol. The molecule has 0 aromatic carbocycles. The van der Waals surface area contributed by atoms with Crippen molar-refractivity contribution in [2.45, 2.75) is 32.9 Å². The Morgan fingerprint density at radius 2 is 1.75 bits per heavy atom. The van der Waals surface area contributed by atoms with Crippen LogP contribution in [-0.4, -0.2) is 36.0 Å². The number of piperazine rings is 1. The lowest BCUT2D eigenvalue weighted by atomic mass is 10.1. The minimum absolute atomic E-state index is 0. The molecule has 2 atom stereocenters. The van der Waals surface area contributed by atoms with E-state index in [0.717, 1.165) is 13.1 Å². The van der Waals surface area contributed by atoms with Crippen molar-refractivity contribution < 1.29 is 4.79 Å². The van der Waals surface area contributed by atoms with Crippen molar-refractivity contribution in [3.05, 3.63) is 0 Å². The summed E-state index contributed by atoms with van der Waals surface area (Å²) >= 11 is 0. The third kappa shape index (κ3) is 2.99. The molecule has 3 nitrogen and oxygen atoms in total. The predicted molar refractivity (Wildman–Crippen MR) is 51.6 cm³/mol. The Labute approximate surface area is 79.9 Å². The zero-order valence-electron chi connectivity index (χ0n) is 7.83. The average molecular weight is 193 g/mol. The second-order valence-electron chi connectivity index (χ2n) is 3.39. The fourth-order valence-electron chi connectivity index (χ4n) is 1.58. The molecule has 12 heavy (non-hydrogen) atoms. The van der Waals surface area contributed by atoms with Crippen molar-refractivity contribution in [3.63, 3.8) is 0 Å². The van der Waals surface area contributed by atoms with Gasteiger partial charge in [0.1, 0.15) is 0 Å². The zero-order chi connectivity index (χ0) is 8.43. The molecule has 0 aromatic heterocycles. The summed E-state index contributed by atoms with van der Waals surface area (Å²) in [6.07, 6.45) is 0. The molecule has 1 fully saturated rings. The van der Waals surface area contributed by atoms with Crippen LogP contribution in [0.15, 0.2) is 0 Å². The maximum Gasteiger partial charge on any atom is 0.219 e. The van der Waals surface area contributed by atoms with Gasteiger partial charge in [0.2, 0.25) is 5.91 Å². The Bertz CT molecular complexity index is 153. The minimum Gasteiger partial charge on any atom is -0.340 e. The molecule has 1 amide bonds. The number of nitrogens with one attached hydrogen (secondary N) is 1. The van der Waals surface area contributed by atoms with E-state index in [0.29, 0.717) is 12.1 Å². The number of nitrogens with zero attached hydrogens (tertiary/aromatic N) is 1. The van der Waals surface area contributed by atoms with Crippen molar-refractivity contribution in [3.8, 4) is 0 Å². The molecule has 0 saturated carbocycles. The highest BCUT2D eigenvalue weighted by Gasteiger charge is 2.21. The predicted octanol–water partition coefficient (Wildman–Crippen LogP) is 0.637. The van der Waals surface area contributed by atoms with E-state index >= 15 is 0 Å². The van der Waals surface area contributed by atoms with Gasteiger partial charge in [-0.25, -0.2) is 0 Å². The number of carbonyl (C=O) groups excluding carboxylic acids is 1. The summed E-state index contributed by atoms with van der Waals surface area (Å²) in [6, 6.07) is 0.866. The van der Waals surface area contributed by atoms with Crippen LogP contribution in [-0.2, 0) is 4.79 Å². The SMILES string of the molecule is CC(=O)N1C[C@H](C)N[C@@H](C)C1.Cl. The second kappa shape index (κ2) is 4.67. The van der Waals surface area contributed by atoms with E-state index < -0.39 is 0 Å². The molecule has 1 N–H and O–H groups in total. The van der Waals surface area contributed by atoms with Crippen LogP contribution in [0.4, 0.5) is 0 Å². The number of carbonyl (C=O) groups is 1. The molecule has 0 radical (unpaired) electrons. The lowest BCUT2D eigenvalue weighted by Gasteiger charge is -2.35. The molecule has 72 valence electrons. The average Bonchev–Trinajstić information content (AvgIpc) is 1.85. The summed E-state index contributed by atoms with van der Waals surface area (Å²) < 4.78 is 0. The Hall–Kier alpha value is -0.280. The fraction of sp³-hybridized carbons (Fsp3) is 0.875. The van der Waals surface area contributed by atoms with Crippen LogP contribution in [0, 0.1) is 0 Å². The van der Waals surface area contributed by atoms with Crippen molar-refractivity contribution in [1.82, 2.24) is 10.2 Å². The Kier molecular flexibility index (Phi) is 4.57. The lowest BCUT2D eigenvalue weighted by Crippen LogP contribution is -2.55. The lowest BCUT2D eigenvalue weighted by molar-refractivity contribution is -0.130. The number of hydrogen-bond donors (Lipinski definition) is 1. The molecule has 1 aliphatic heterocycles. The molecule has 1 heterocycles. The summed E-state index contributed by atoms with van der Waals surface area (Å²) in [6.45, 7) is 7.53. The third-order valence-corrected chi connectivity index (χ3v) is 2.00. The van der Waals surface area contributed by atoms with Gasteiger partial charge >= 0.3 is 0 Å². The smallest absolute Gasteiger partial charge is 0.219 e. The van der Waals surface area contributed by atoms with Gasteiger partial charge in [-0.15, -0.1) is 12.4 Å². The first-order valence-electron chi connectivity index (χ1n) is 4.11. The summed E-state index contributed by atoms with van der Waals surface area (Å²) in [7, 11) is 0. The van der Waals surface area contributed by atoms with Gasteiger partial charge in [0, 0.05) is 32.1 Å². The van der Waals surface area contributed by atoms with E-state index in [4.69, 9.17) is 0 Å². The van der Waals surface area contributed by atoms with Crippen LogP contribution in [0.5, 0.6) is 0 Å². The first kappa shape index (κ1) is 11.7. The van der Waals surface area contributed by atoms with Gasteiger partial charge in [-0.3, -0.25) is 4.79 Å². The monoisotopic (exact) mass is 192 g/mol. The van der Waals surface area contributed by atoms with Gasteiger partial charge in [-0.05, 0) is 13.8 Å². The molecule has 0 spiro atoms. The van der Waals surface area contributed by atoms with Crippen molar-refractivity contribution in [2.24, 2.45) is 0 Å². The van der Waals surface area contributed by atoms with Crippen molar-refractivity contribution in [1.29, 1.82) is 0 Å². The van der Waals surface area contributed by atoms with E-state index in [-0.39, 0.29) is 18.3 Å². The number of amides is 1. The van der Waals surface area contributed by atoms with Gasteiger partial charge in [-0.1, -0.05) is 0 Å². The Morgan fingerprint density at radius 3 is 2.08 bits per heavy atom. The summed E-state index contributed by atoms with van der Waals surface area (Å²) in [4.78, 5) is 12.9. The molecule has 1 rings (SSSR count). The maximum atomic E-state index is 11.0.